The molecule has 0 aromatic heterocycles. The Morgan fingerprint density at radius 1 is 1.29 bits per heavy atom. The number of carbonyl (C=O) groups excluding carboxylic acids is 1. The van der Waals surface area contributed by atoms with Crippen LogP contribution >= 0.6 is 0 Å². The second-order valence-corrected chi connectivity index (χ2v) is 5.13. The Morgan fingerprint density at radius 2 is 1.86 bits per heavy atom. The first kappa shape index (κ1) is 16.9. The summed E-state index contributed by atoms with van der Waals surface area (Å²) in [6.07, 6.45) is 0.217. The zero-order valence-electron chi connectivity index (χ0n) is 11.7. The van der Waals surface area contributed by atoms with E-state index >= 15 is 0 Å². The lowest BCUT2D eigenvalue weighted by Gasteiger charge is -2.25. The molecule has 1 aromatic rings. The van der Waals surface area contributed by atoms with Crippen molar-refractivity contribution in [3.63, 3.8) is 0 Å². The zero-order chi connectivity index (χ0) is 16.0. The second kappa shape index (κ2) is 7.01. The number of benzene rings is 1. The molecule has 0 saturated carbocycles. The van der Waals surface area contributed by atoms with Gasteiger partial charge in [0.1, 0.15) is 5.75 Å². The van der Waals surface area contributed by atoms with Gasteiger partial charge in [-0.3, -0.25) is 9.59 Å². The van der Waals surface area contributed by atoms with Gasteiger partial charge in [0.25, 0.3) is 5.91 Å². The molecule has 2 N–H and O–H groups in total. The highest BCUT2D eigenvalue weighted by molar-refractivity contribution is 5.94. The molecule has 5 nitrogen and oxygen atoms in total. The maximum absolute atomic E-state index is 12.0. The van der Waals surface area contributed by atoms with Crippen molar-refractivity contribution in [2.75, 3.05) is 0 Å². The lowest BCUT2D eigenvalue weighted by atomic mass is 9.98. The molecule has 1 amide bonds. The van der Waals surface area contributed by atoms with Gasteiger partial charge in [-0.25, -0.2) is 0 Å². The van der Waals surface area contributed by atoms with E-state index in [1.165, 1.54) is 24.3 Å². The molecule has 0 radical (unpaired) electrons. The van der Waals surface area contributed by atoms with Gasteiger partial charge < -0.3 is 15.2 Å². The van der Waals surface area contributed by atoms with E-state index in [2.05, 4.69) is 10.1 Å². The molecule has 1 rings (SSSR count). The van der Waals surface area contributed by atoms with Crippen LogP contribution in [0.2, 0.25) is 0 Å². The molecule has 116 valence electrons. The van der Waals surface area contributed by atoms with Gasteiger partial charge in [-0.05, 0) is 44.5 Å². The summed E-state index contributed by atoms with van der Waals surface area (Å²) in [5, 5.41) is 11.3. The summed E-state index contributed by atoms with van der Waals surface area (Å²) in [5.41, 5.74) is -0.409. The summed E-state index contributed by atoms with van der Waals surface area (Å²) in [4.78, 5) is 22.5. The number of ether oxygens (including phenoxy) is 1. The van der Waals surface area contributed by atoms with Crippen LogP contribution in [0.25, 0.3) is 0 Å². The SMILES string of the molecule is CC(C)(CCC(=O)O)NC(=O)c1ccc(OC(F)F)cc1. The molecule has 0 spiro atoms. The van der Waals surface area contributed by atoms with E-state index in [0.717, 1.165) is 0 Å². The van der Waals surface area contributed by atoms with Crippen LogP contribution in [0, 0.1) is 0 Å². The van der Waals surface area contributed by atoms with Crippen molar-refractivity contribution in [3.05, 3.63) is 29.8 Å². The Kier molecular flexibility index (Phi) is 5.63. The smallest absolute Gasteiger partial charge is 0.387 e. The lowest BCUT2D eigenvalue weighted by Crippen LogP contribution is -2.43. The van der Waals surface area contributed by atoms with E-state index in [1.54, 1.807) is 13.8 Å². The summed E-state index contributed by atoms with van der Waals surface area (Å²) >= 11 is 0. The number of aliphatic carboxylic acids is 1. The number of alkyl halides is 2. The van der Waals surface area contributed by atoms with Gasteiger partial charge in [0.05, 0.1) is 0 Å². The fourth-order valence-electron chi connectivity index (χ4n) is 1.65. The van der Waals surface area contributed by atoms with E-state index in [1.807, 2.05) is 0 Å². The summed E-state index contributed by atoms with van der Waals surface area (Å²) in [6, 6.07) is 5.26. The van der Waals surface area contributed by atoms with Gasteiger partial charge in [-0.1, -0.05) is 0 Å². The number of nitrogens with one attached hydrogen (secondary N) is 1. The van der Waals surface area contributed by atoms with Gasteiger partial charge in [0.15, 0.2) is 0 Å². The van der Waals surface area contributed by atoms with Gasteiger partial charge in [-0.15, -0.1) is 0 Å². The molecule has 21 heavy (non-hydrogen) atoms. The minimum atomic E-state index is -2.92. The Hall–Kier alpha value is -2.18. The third-order valence-corrected chi connectivity index (χ3v) is 2.76. The minimum absolute atomic E-state index is 0.0355. The highest BCUT2D eigenvalue weighted by Crippen LogP contribution is 2.17. The first-order chi connectivity index (χ1) is 9.69. The molecule has 0 heterocycles. The normalized spacial score (nSPS) is 11.3. The molecule has 0 aliphatic rings. The predicted octanol–water partition coefficient (Wildman–Crippen LogP) is 2.66. The van der Waals surface area contributed by atoms with Crippen molar-refractivity contribution in [2.45, 2.75) is 38.8 Å². The van der Waals surface area contributed by atoms with Gasteiger partial charge in [0, 0.05) is 17.5 Å². The lowest BCUT2D eigenvalue weighted by molar-refractivity contribution is -0.137. The summed E-state index contributed by atoms with van der Waals surface area (Å²) in [5.74, 6) is -1.38. The molecular formula is C14H17F2NO4. The summed E-state index contributed by atoms with van der Waals surface area (Å²) < 4.78 is 28.2. The number of carbonyl (C=O) groups is 2. The van der Waals surface area contributed by atoms with Gasteiger partial charge in [0.2, 0.25) is 0 Å². The van der Waals surface area contributed by atoms with Gasteiger partial charge in [-0.2, -0.15) is 8.78 Å². The van der Waals surface area contributed by atoms with E-state index < -0.39 is 24.0 Å². The minimum Gasteiger partial charge on any atom is -0.481 e. The van der Waals surface area contributed by atoms with Crippen LogP contribution in [0.5, 0.6) is 5.75 Å². The quantitative estimate of drug-likeness (QED) is 0.812. The van der Waals surface area contributed by atoms with Gasteiger partial charge >= 0.3 is 12.6 Å². The standard InChI is InChI=1S/C14H17F2NO4/c1-14(2,8-7-11(18)19)17-12(20)9-3-5-10(6-4-9)21-13(15)16/h3-6,13H,7-8H2,1-2H3,(H,17,20)(H,18,19). The highest BCUT2D eigenvalue weighted by atomic mass is 19.3. The largest absolute Gasteiger partial charge is 0.481 e. The molecule has 0 fully saturated rings. The van der Waals surface area contributed by atoms with Crippen LogP contribution in [-0.4, -0.2) is 29.1 Å². The maximum Gasteiger partial charge on any atom is 0.387 e. The summed E-state index contributed by atoms with van der Waals surface area (Å²) in [6.45, 7) is 0.504. The Morgan fingerprint density at radius 3 is 2.33 bits per heavy atom. The molecule has 0 bridgehead atoms. The van der Waals surface area contributed by atoms with Crippen LogP contribution in [0.4, 0.5) is 8.78 Å². The average Bonchev–Trinajstić information content (AvgIpc) is 2.36. The third-order valence-electron chi connectivity index (χ3n) is 2.76. The number of carboxylic acids is 1. The Balaban J connectivity index is 2.64. The molecule has 0 atom stereocenters. The predicted molar refractivity (Wildman–Crippen MR) is 71.5 cm³/mol. The van der Waals surface area contributed by atoms with Crippen LogP contribution < -0.4 is 10.1 Å². The Labute approximate surface area is 120 Å². The van der Waals surface area contributed by atoms with Crippen LogP contribution in [0.1, 0.15) is 37.0 Å². The Bertz CT molecular complexity index is 500. The second-order valence-electron chi connectivity index (χ2n) is 5.13. The van der Waals surface area contributed by atoms with E-state index in [9.17, 15) is 18.4 Å². The molecular weight excluding hydrogens is 284 g/mol. The molecule has 0 saturated heterocycles. The first-order valence-electron chi connectivity index (χ1n) is 6.29. The zero-order valence-corrected chi connectivity index (χ0v) is 11.7. The maximum atomic E-state index is 12.0. The molecule has 0 aliphatic carbocycles. The topological polar surface area (TPSA) is 75.6 Å². The number of hydrogen-bond donors (Lipinski definition) is 2. The van der Waals surface area contributed by atoms with Crippen LogP contribution in [0.3, 0.4) is 0 Å². The average molecular weight is 301 g/mol. The molecule has 0 aliphatic heterocycles. The molecule has 1 aromatic carbocycles. The fraction of sp³-hybridized carbons (Fsp3) is 0.429. The number of amides is 1. The van der Waals surface area contributed by atoms with Crippen molar-refractivity contribution in [1.82, 2.24) is 5.32 Å². The highest BCUT2D eigenvalue weighted by Gasteiger charge is 2.22. The van der Waals surface area contributed by atoms with Crippen molar-refractivity contribution in [3.8, 4) is 5.75 Å². The van der Waals surface area contributed by atoms with Crippen LogP contribution in [0.15, 0.2) is 24.3 Å². The molecule has 0 unspecified atom stereocenters. The van der Waals surface area contributed by atoms with E-state index in [4.69, 9.17) is 5.11 Å². The summed E-state index contributed by atoms with van der Waals surface area (Å²) in [7, 11) is 0. The van der Waals surface area contributed by atoms with E-state index in [0.29, 0.717) is 0 Å². The number of halogens is 2. The van der Waals surface area contributed by atoms with E-state index in [-0.39, 0.29) is 24.2 Å². The monoisotopic (exact) mass is 301 g/mol. The molecule has 7 heteroatoms. The first-order valence-corrected chi connectivity index (χ1v) is 6.29. The number of hydrogen-bond acceptors (Lipinski definition) is 3. The number of carboxylic acid groups (broad SMARTS) is 1. The number of rotatable bonds is 7. The van der Waals surface area contributed by atoms with Crippen molar-refractivity contribution >= 4 is 11.9 Å². The third kappa shape index (κ3) is 6.20. The van der Waals surface area contributed by atoms with Crippen molar-refractivity contribution in [2.24, 2.45) is 0 Å². The van der Waals surface area contributed by atoms with Crippen molar-refractivity contribution < 1.29 is 28.2 Å². The van der Waals surface area contributed by atoms with Crippen LogP contribution in [-0.2, 0) is 4.79 Å². The fourth-order valence-corrected chi connectivity index (χ4v) is 1.65. The van der Waals surface area contributed by atoms with Crippen molar-refractivity contribution in [1.29, 1.82) is 0 Å².